The number of para-hydroxylation sites is 1. The molecule has 0 saturated heterocycles. The average molecular weight is 379 g/mol. The van der Waals surface area contributed by atoms with Crippen molar-refractivity contribution in [3.63, 3.8) is 0 Å². The van der Waals surface area contributed by atoms with Crippen LogP contribution in [0.15, 0.2) is 48.5 Å². The summed E-state index contributed by atoms with van der Waals surface area (Å²) < 4.78 is 20.6. The molecule has 144 valence electrons. The van der Waals surface area contributed by atoms with Crippen molar-refractivity contribution in [2.75, 3.05) is 12.4 Å². The fourth-order valence-corrected chi connectivity index (χ4v) is 3.59. The number of anilines is 1. The van der Waals surface area contributed by atoms with Gasteiger partial charge in [-0.1, -0.05) is 24.3 Å². The molecular weight excluding hydrogens is 357 g/mol. The summed E-state index contributed by atoms with van der Waals surface area (Å²) in [5, 5.41) is 7.74. The molecule has 1 aromatic heterocycles. The van der Waals surface area contributed by atoms with Crippen LogP contribution in [0.25, 0.3) is 5.69 Å². The van der Waals surface area contributed by atoms with E-state index in [2.05, 4.69) is 5.32 Å². The first-order valence-electron chi connectivity index (χ1n) is 9.44. The molecule has 0 fully saturated rings. The minimum atomic E-state index is -0.416. The Bertz CT molecular complexity index is 999. The number of aromatic nitrogens is 2. The first-order chi connectivity index (χ1) is 13.7. The molecule has 6 heteroatoms. The third kappa shape index (κ3) is 3.63. The number of carbonyl (C=O) groups excluding carboxylic acids is 1. The van der Waals surface area contributed by atoms with E-state index < -0.39 is 5.82 Å². The number of nitrogens with zero attached hydrogens (tertiary/aromatic N) is 2. The maximum Gasteiger partial charge on any atom is 0.225 e. The number of rotatable bonds is 6. The Kier molecular flexibility index (Phi) is 5.10. The summed E-state index contributed by atoms with van der Waals surface area (Å²) in [6, 6.07) is 14.6. The minimum absolute atomic E-state index is 0.108. The molecule has 1 amide bonds. The van der Waals surface area contributed by atoms with E-state index in [0.29, 0.717) is 6.42 Å². The van der Waals surface area contributed by atoms with Gasteiger partial charge in [0.1, 0.15) is 5.82 Å². The molecule has 5 nitrogen and oxygen atoms in total. The van der Waals surface area contributed by atoms with Crippen LogP contribution in [0.1, 0.15) is 29.7 Å². The molecule has 1 aliphatic carbocycles. The highest BCUT2D eigenvalue weighted by atomic mass is 19.1. The van der Waals surface area contributed by atoms with Crippen LogP contribution in [0.5, 0.6) is 5.75 Å². The van der Waals surface area contributed by atoms with E-state index in [9.17, 15) is 9.18 Å². The zero-order chi connectivity index (χ0) is 19.5. The van der Waals surface area contributed by atoms with Crippen LogP contribution >= 0.6 is 0 Å². The molecule has 2 aromatic carbocycles. The lowest BCUT2D eigenvalue weighted by atomic mass is 10.1. The number of amides is 1. The van der Waals surface area contributed by atoms with E-state index in [0.717, 1.165) is 47.6 Å². The number of hydrogen-bond acceptors (Lipinski definition) is 3. The standard InChI is InChI=1S/C22H22FN3O2/c1-28-20-12-10-15(14-18(20)23)11-13-21(27)24-22-17-8-5-9-19(17)25-26(22)16-6-3-2-4-7-16/h2-4,6-7,10,12,14H,5,8-9,11,13H2,1H3,(H,24,27). The quantitative estimate of drug-likeness (QED) is 0.702. The molecule has 0 saturated carbocycles. The van der Waals surface area contributed by atoms with Gasteiger partial charge in [-0.15, -0.1) is 0 Å². The maximum absolute atomic E-state index is 13.8. The molecule has 4 rings (SSSR count). The van der Waals surface area contributed by atoms with Crippen molar-refractivity contribution >= 4 is 11.7 Å². The Morgan fingerprint density at radius 1 is 1.21 bits per heavy atom. The average Bonchev–Trinajstić information content (AvgIpc) is 3.30. The Balaban J connectivity index is 1.50. The van der Waals surface area contributed by atoms with Gasteiger partial charge in [0, 0.05) is 12.0 Å². The molecular formula is C22H22FN3O2. The largest absolute Gasteiger partial charge is 0.494 e. The smallest absolute Gasteiger partial charge is 0.225 e. The van der Waals surface area contributed by atoms with Crippen molar-refractivity contribution in [3.05, 3.63) is 71.2 Å². The summed E-state index contributed by atoms with van der Waals surface area (Å²) in [6.07, 6.45) is 3.63. The van der Waals surface area contributed by atoms with Crippen LogP contribution in [0.3, 0.4) is 0 Å². The Morgan fingerprint density at radius 3 is 2.79 bits per heavy atom. The summed E-state index contributed by atoms with van der Waals surface area (Å²) in [7, 11) is 1.43. The number of hydrogen-bond donors (Lipinski definition) is 1. The molecule has 0 bridgehead atoms. The molecule has 28 heavy (non-hydrogen) atoms. The predicted octanol–water partition coefficient (Wildman–Crippen LogP) is 4.08. The number of fused-ring (bicyclic) bond motifs is 1. The number of carbonyl (C=O) groups is 1. The monoisotopic (exact) mass is 379 g/mol. The summed E-state index contributed by atoms with van der Waals surface area (Å²) in [5.41, 5.74) is 3.85. The SMILES string of the molecule is COc1ccc(CCC(=O)Nc2c3c(nn2-c2ccccc2)CCC3)cc1F. The predicted molar refractivity (Wildman–Crippen MR) is 105 cm³/mol. The second kappa shape index (κ2) is 7.84. The number of methoxy groups -OCH3 is 1. The lowest BCUT2D eigenvalue weighted by molar-refractivity contribution is -0.116. The maximum atomic E-state index is 13.8. The molecule has 0 unspecified atom stereocenters. The number of halogens is 1. The van der Waals surface area contributed by atoms with Crippen molar-refractivity contribution < 1.29 is 13.9 Å². The van der Waals surface area contributed by atoms with E-state index in [1.165, 1.54) is 13.2 Å². The van der Waals surface area contributed by atoms with Gasteiger partial charge >= 0.3 is 0 Å². The van der Waals surface area contributed by atoms with Gasteiger partial charge in [0.05, 0.1) is 18.5 Å². The molecule has 0 radical (unpaired) electrons. The van der Waals surface area contributed by atoms with Gasteiger partial charge in [0.15, 0.2) is 11.6 Å². The van der Waals surface area contributed by atoms with Gasteiger partial charge < -0.3 is 10.1 Å². The number of benzene rings is 2. The molecule has 0 atom stereocenters. The van der Waals surface area contributed by atoms with E-state index in [4.69, 9.17) is 9.84 Å². The van der Waals surface area contributed by atoms with Crippen molar-refractivity contribution in [1.82, 2.24) is 9.78 Å². The highest BCUT2D eigenvalue weighted by molar-refractivity contribution is 5.91. The fraction of sp³-hybridized carbons (Fsp3) is 0.273. The van der Waals surface area contributed by atoms with Crippen LogP contribution < -0.4 is 10.1 Å². The van der Waals surface area contributed by atoms with E-state index in [-0.39, 0.29) is 18.1 Å². The summed E-state index contributed by atoms with van der Waals surface area (Å²) in [5.74, 6) is 0.434. The molecule has 0 spiro atoms. The van der Waals surface area contributed by atoms with E-state index >= 15 is 0 Å². The van der Waals surface area contributed by atoms with Gasteiger partial charge in [-0.25, -0.2) is 9.07 Å². The minimum Gasteiger partial charge on any atom is -0.494 e. The molecule has 0 aliphatic heterocycles. The van der Waals surface area contributed by atoms with Gasteiger partial charge in [0.2, 0.25) is 5.91 Å². The van der Waals surface area contributed by atoms with E-state index in [1.54, 1.807) is 12.1 Å². The summed E-state index contributed by atoms with van der Waals surface area (Å²) in [6.45, 7) is 0. The highest BCUT2D eigenvalue weighted by Crippen LogP contribution is 2.31. The van der Waals surface area contributed by atoms with E-state index in [1.807, 2.05) is 35.0 Å². The second-order valence-corrected chi connectivity index (χ2v) is 6.89. The lowest BCUT2D eigenvalue weighted by Crippen LogP contribution is -2.16. The first-order valence-corrected chi connectivity index (χ1v) is 9.44. The van der Waals surface area contributed by atoms with Crippen LogP contribution in [0.2, 0.25) is 0 Å². The van der Waals surface area contributed by atoms with Gasteiger partial charge in [0.25, 0.3) is 0 Å². The molecule has 1 heterocycles. The molecule has 1 N–H and O–H groups in total. The Labute approximate surface area is 163 Å². The molecule has 3 aromatic rings. The van der Waals surface area contributed by atoms with Gasteiger partial charge in [-0.3, -0.25) is 4.79 Å². The fourth-order valence-electron chi connectivity index (χ4n) is 3.59. The van der Waals surface area contributed by atoms with Gasteiger partial charge in [-0.05, 0) is 55.5 Å². The van der Waals surface area contributed by atoms with Crippen LogP contribution in [0, 0.1) is 5.82 Å². The number of ether oxygens (including phenoxy) is 1. The van der Waals surface area contributed by atoms with Gasteiger partial charge in [-0.2, -0.15) is 5.10 Å². The van der Waals surface area contributed by atoms with Crippen molar-refractivity contribution in [3.8, 4) is 11.4 Å². The Morgan fingerprint density at radius 2 is 2.04 bits per heavy atom. The Hall–Kier alpha value is -3.15. The zero-order valence-electron chi connectivity index (χ0n) is 15.7. The zero-order valence-corrected chi connectivity index (χ0v) is 15.7. The van der Waals surface area contributed by atoms with Crippen LogP contribution in [-0.4, -0.2) is 22.8 Å². The number of nitrogens with one attached hydrogen (secondary N) is 1. The topological polar surface area (TPSA) is 56.1 Å². The number of aryl methyl sites for hydroxylation is 2. The van der Waals surface area contributed by atoms with Crippen molar-refractivity contribution in [1.29, 1.82) is 0 Å². The lowest BCUT2D eigenvalue weighted by Gasteiger charge is -2.11. The normalized spacial score (nSPS) is 12.6. The third-order valence-corrected chi connectivity index (χ3v) is 5.02. The third-order valence-electron chi connectivity index (χ3n) is 5.02. The first kappa shape index (κ1) is 18.2. The van der Waals surface area contributed by atoms with Crippen molar-refractivity contribution in [2.24, 2.45) is 0 Å². The molecule has 1 aliphatic rings. The van der Waals surface area contributed by atoms with Crippen molar-refractivity contribution in [2.45, 2.75) is 32.1 Å². The highest BCUT2D eigenvalue weighted by Gasteiger charge is 2.24. The van der Waals surface area contributed by atoms with Crippen LogP contribution in [-0.2, 0) is 24.1 Å². The van der Waals surface area contributed by atoms with Crippen LogP contribution in [0.4, 0.5) is 10.2 Å². The summed E-state index contributed by atoms with van der Waals surface area (Å²) in [4.78, 5) is 12.6. The second-order valence-electron chi connectivity index (χ2n) is 6.89. The summed E-state index contributed by atoms with van der Waals surface area (Å²) >= 11 is 0.